The van der Waals surface area contributed by atoms with Crippen LogP contribution in [0.1, 0.15) is 135 Å². The number of halogens is 6. The molecule has 4 aliphatic carbocycles. The molecule has 0 aliphatic heterocycles. The number of hydrogen-bond donors (Lipinski definition) is 7. The Labute approximate surface area is 402 Å². The van der Waals surface area contributed by atoms with Crippen molar-refractivity contribution in [3.63, 3.8) is 0 Å². The predicted molar refractivity (Wildman–Crippen MR) is 245 cm³/mol. The van der Waals surface area contributed by atoms with Crippen molar-refractivity contribution in [2.75, 3.05) is 17.2 Å². The molecule has 6 rings (SSSR count). The summed E-state index contributed by atoms with van der Waals surface area (Å²) in [5.74, 6) is -6.90. The molecule has 388 valence electrons. The van der Waals surface area contributed by atoms with Gasteiger partial charge in [-0.1, -0.05) is 52.7 Å². The molecule has 0 spiro atoms. The summed E-state index contributed by atoms with van der Waals surface area (Å²) in [4.78, 5) is 84.5. The van der Waals surface area contributed by atoms with E-state index in [1.807, 2.05) is 32.0 Å². The van der Waals surface area contributed by atoms with Gasteiger partial charge in [0, 0.05) is 17.8 Å². The summed E-state index contributed by atoms with van der Waals surface area (Å²) in [6.45, 7) is 13.9. The number of anilines is 2. The number of nitrogens with one attached hydrogen (secondary N) is 3. The summed E-state index contributed by atoms with van der Waals surface area (Å²) in [5, 5.41) is 23.1. The number of hydrogen-bond acceptors (Lipinski definition) is 10. The molecular weight excluding hydrogens is 933 g/mol. The smallest absolute Gasteiger partial charge is 0.475 e. The van der Waals surface area contributed by atoms with Crippen molar-refractivity contribution < 1.29 is 74.9 Å². The van der Waals surface area contributed by atoms with Crippen LogP contribution in [0.4, 0.5) is 37.7 Å². The number of aryl methyl sites for hydroxylation is 2. The van der Waals surface area contributed by atoms with E-state index in [-0.39, 0.29) is 65.7 Å². The average molecular weight is 998 g/mol. The van der Waals surface area contributed by atoms with Crippen molar-refractivity contribution in [3.8, 4) is 0 Å². The number of benzene rings is 2. The van der Waals surface area contributed by atoms with Crippen molar-refractivity contribution >= 4 is 52.9 Å². The van der Waals surface area contributed by atoms with Crippen molar-refractivity contribution in [1.29, 1.82) is 0 Å². The van der Waals surface area contributed by atoms with Gasteiger partial charge in [-0.2, -0.15) is 26.3 Å². The van der Waals surface area contributed by atoms with Crippen LogP contribution in [0.2, 0.25) is 0 Å². The molecule has 2 aromatic carbocycles. The van der Waals surface area contributed by atoms with Crippen LogP contribution in [0.15, 0.2) is 36.4 Å². The van der Waals surface area contributed by atoms with E-state index >= 15 is 0 Å². The van der Waals surface area contributed by atoms with Crippen LogP contribution in [0.5, 0.6) is 0 Å². The third-order valence-electron chi connectivity index (χ3n) is 14.6. The zero-order valence-corrected chi connectivity index (χ0v) is 40.5. The quantitative estimate of drug-likeness (QED) is 0.0728. The minimum atomic E-state index is -5.08. The van der Waals surface area contributed by atoms with Gasteiger partial charge >= 0.3 is 30.3 Å². The van der Waals surface area contributed by atoms with Gasteiger partial charge in [0.25, 0.3) is 0 Å². The molecule has 7 atom stereocenters. The summed E-state index contributed by atoms with van der Waals surface area (Å²) in [7, 11) is 0. The number of nitrogens with two attached hydrogens (primary N) is 2. The zero-order chi connectivity index (χ0) is 53.0. The fraction of sp³-hybridized carbons (Fsp3) is 0.612. The fourth-order valence-electron chi connectivity index (χ4n) is 11.3. The molecule has 21 heteroatoms. The molecule has 4 amide bonds. The Bertz CT molecular complexity index is 2310. The highest BCUT2D eigenvalue weighted by Crippen LogP contribution is 2.60. The largest absolute Gasteiger partial charge is 0.490 e. The molecule has 0 unspecified atom stereocenters. The number of carboxylic acid groups (broad SMARTS) is 2. The van der Waals surface area contributed by atoms with Crippen LogP contribution < -0.4 is 27.4 Å². The van der Waals surface area contributed by atoms with Gasteiger partial charge in [-0.05, 0) is 148 Å². The number of fused-ring (bicyclic) bond motifs is 6. The molecule has 0 heterocycles. The number of rotatable bonds is 9. The number of aliphatic carboxylic acids is 2. The first-order valence-electron chi connectivity index (χ1n) is 23.1. The van der Waals surface area contributed by atoms with E-state index in [2.05, 4.69) is 48.0 Å². The number of carbonyl (C=O) groups is 7. The lowest BCUT2D eigenvalue weighted by Crippen LogP contribution is -2.60. The number of imide groups is 1. The molecular formula is C49H65F6N5O10. The highest BCUT2D eigenvalue weighted by Gasteiger charge is 2.58. The molecule has 0 saturated heterocycles. The third kappa shape index (κ3) is 13.0. The first-order valence-corrected chi connectivity index (χ1v) is 23.1. The fourth-order valence-corrected chi connectivity index (χ4v) is 11.3. The van der Waals surface area contributed by atoms with Gasteiger partial charge in [0.05, 0.1) is 23.4 Å². The number of alkyl halides is 6. The molecule has 0 aromatic heterocycles. The maximum absolute atomic E-state index is 14.6. The maximum atomic E-state index is 14.6. The van der Waals surface area contributed by atoms with Crippen molar-refractivity contribution in [2.24, 2.45) is 34.1 Å². The maximum Gasteiger partial charge on any atom is 0.490 e. The topological polar surface area (TPSA) is 257 Å². The van der Waals surface area contributed by atoms with Crippen LogP contribution in [0.25, 0.3) is 0 Å². The van der Waals surface area contributed by atoms with Crippen LogP contribution in [-0.4, -0.2) is 82.3 Å². The van der Waals surface area contributed by atoms with E-state index in [4.69, 9.17) is 36.0 Å². The number of ether oxygens (including phenoxy) is 1. The van der Waals surface area contributed by atoms with Gasteiger partial charge < -0.3 is 37.1 Å². The van der Waals surface area contributed by atoms with Gasteiger partial charge in [0.15, 0.2) is 0 Å². The highest BCUT2D eigenvalue weighted by atomic mass is 19.4. The number of carboxylic acids is 2. The molecule has 2 fully saturated rings. The Kier molecular flexibility index (Phi) is 17.4. The number of carbonyl (C=O) groups excluding carboxylic acids is 5. The predicted octanol–water partition coefficient (Wildman–Crippen LogP) is 7.60. The lowest BCUT2D eigenvalue weighted by Gasteiger charge is -2.56. The zero-order valence-electron chi connectivity index (χ0n) is 40.5. The Morgan fingerprint density at radius 3 is 1.47 bits per heavy atom. The van der Waals surface area contributed by atoms with Gasteiger partial charge in [0.1, 0.15) is 5.60 Å². The Morgan fingerprint density at radius 1 is 0.700 bits per heavy atom. The van der Waals surface area contributed by atoms with Crippen molar-refractivity contribution in [3.05, 3.63) is 58.7 Å². The lowest BCUT2D eigenvalue weighted by molar-refractivity contribution is -0.193. The van der Waals surface area contributed by atoms with E-state index < -0.39 is 52.7 Å². The Morgan fingerprint density at radius 2 is 1.10 bits per heavy atom. The van der Waals surface area contributed by atoms with Crippen LogP contribution in [-0.2, 0) is 62.0 Å². The summed E-state index contributed by atoms with van der Waals surface area (Å²) in [6, 6.07) is 11.2. The molecule has 15 nitrogen and oxygen atoms in total. The second-order valence-electron chi connectivity index (χ2n) is 20.7. The normalized spacial score (nSPS) is 26.2. The number of esters is 1. The summed E-state index contributed by atoms with van der Waals surface area (Å²) in [6.07, 6.45) is -1.78. The number of amides is 4. The first-order chi connectivity index (χ1) is 32.1. The molecule has 9 N–H and O–H groups in total. The van der Waals surface area contributed by atoms with Crippen LogP contribution in [0, 0.1) is 22.7 Å². The van der Waals surface area contributed by atoms with Crippen molar-refractivity contribution in [1.82, 2.24) is 5.32 Å². The molecule has 0 radical (unpaired) electrons. The van der Waals surface area contributed by atoms with Gasteiger partial charge in [-0.25, -0.2) is 9.59 Å². The second kappa shape index (κ2) is 21.4. The first kappa shape index (κ1) is 57.0. The van der Waals surface area contributed by atoms with Crippen LogP contribution >= 0.6 is 0 Å². The minimum Gasteiger partial charge on any atom is -0.475 e. The monoisotopic (exact) mass is 997 g/mol. The summed E-state index contributed by atoms with van der Waals surface area (Å²) in [5.41, 5.74) is 15.1. The summed E-state index contributed by atoms with van der Waals surface area (Å²) >= 11 is 0. The van der Waals surface area contributed by atoms with Gasteiger partial charge in [-0.15, -0.1) is 0 Å². The molecule has 0 bridgehead atoms. The minimum absolute atomic E-state index is 0.0146. The van der Waals surface area contributed by atoms with E-state index in [1.54, 1.807) is 20.8 Å². The molecule has 2 saturated carbocycles. The second-order valence-corrected chi connectivity index (χ2v) is 20.7. The van der Waals surface area contributed by atoms with Crippen molar-refractivity contribution in [2.45, 2.75) is 160 Å². The van der Waals surface area contributed by atoms with Gasteiger partial charge in [0.2, 0.25) is 23.6 Å². The Balaban J connectivity index is 0.000000664. The molecule has 4 aliphatic rings. The SMILES string of the molecule is CC(C)(C)OC(=O)CC[C@H](N)C(=O)Nc1ccc2c(c1)[C@@]1(C)CCC[C@](C)(C(=O)NC(=O)[C@@]3(C)CCC[C@]4(C)c5cc(NC(=O)CN)ccc5CC[C@@H]34)[C@@H]1CC2.O=C(O)C(F)(F)F.O=C(O)C(F)(F)F. The average Bonchev–Trinajstić information content (AvgIpc) is 3.24. The van der Waals surface area contributed by atoms with E-state index in [1.165, 1.54) is 16.7 Å². The summed E-state index contributed by atoms with van der Waals surface area (Å²) < 4.78 is 68.8. The standard InChI is InChI=1S/C45H63N5O6.2C2HF3O2/c1-41(2,3)56-37(52)19-16-33(47)38(53)49-30-15-11-28-13-18-35-43(5,32(28)25-30)21-9-23-45(35,7)40(55)50-39(54)44(6)22-8-20-42(4)31-24-29(48-36(51)26-46)14-10-27(31)12-17-34(42)44;2*3-2(4,5)1(6)7/h10-11,14-15,24-25,33-35H,8-9,12-13,16-23,26,46-47H2,1-7H3,(H,48,51)(H,49,53)(H,50,54,55);2*(H,6,7)/t33-,34+,35+,42+,43+,44-,45-;;/m0../s1. The molecule has 70 heavy (non-hydrogen) atoms. The van der Waals surface area contributed by atoms with Gasteiger partial charge in [-0.3, -0.25) is 29.3 Å². The van der Waals surface area contributed by atoms with E-state index in [0.29, 0.717) is 24.2 Å². The molecule has 2 aromatic rings. The lowest BCUT2D eigenvalue weighted by atomic mass is 9.49. The van der Waals surface area contributed by atoms with E-state index in [0.717, 1.165) is 56.9 Å². The van der Waals surface area contributed by atoms with Crippen LogP contribution in [0.3, 0.4) is 0 Å². The highest BCUT2D eigenvalue weighted by molar-refractivity contribution is 6.01. The van der Waals surface area contributed by atoms with E-state index in [9.17, 15) is 50.3 Å². The Hall–Kier alpha value is -5.57. The third-order valence-corrected chi connectivity index (χ3v) is 14.6.